The van der Waals surface area contributed by atoms with E-state index in [1.54, 1.807) is 16.8 Å². The minimum Gasteiger partial charge on any atom is -0.493 e. The minimum atomic E-state index is -0.485. The van der Waals surface area contributed by atoms with Gasteiger partial charge < -0.3 is 25.6 Å². The summed E-state index contributed by atoms with van der Waals surface area (Å²) in [6.45, 7) is 4.36. The third-order valence-electron chi connectivity index (χ3n) is 7.78. The Hall–Kier alpha value is -3.71. The molecule has 0 bridgehead atoms. The van der Waals surface area contributed by atoms with Crippen molar-refractivity contribution in [2.24, 2.45) is 4.99 Å². The van der Waals surface area contributed by atoms with E-state index in [9.17, 15) is 14.7 Å². The van der Waals surface area contributed by atoms with Crippen molar-refractivity contribution in [3.63, 3.8) is 0 Å². The van der Waals surface area contributed by atoms with Crippen LogP contribution in [0.15, 0.2) is 22.1 Å². The molecule has 0 spiro atoms. The molecular weight excluding hydrogens is 500 g/mol. The average Bonchev–Trinajstić information content (AvgIpc) is 3.54. The van der Waals surface area contributed by atoms with E-state index < -0.39 is 5.69 Å². The van der Waals surface area contributed by atoms with Gasteiger partial charge in [-0.25, -0.2) is 9.78 Å². The molecule has 208 valence electrons. The molecule has 0 atom stereocenters. The number of aromatic nitrogens is 5. The van der Waals surface area contributed by atoms with Crippen molar-refractivity contribution in [3.05, 3.63) is 39.1 Å². The van der Waals surface area contributed by atoms with Crippen LogP contribution in [0.3, 0.4) is 0 Å². The highest BCUT2D eigenvalue weighted by Gasteiger charge is 2.25. The van der Waals surface area contributed by atoms with E-state index in [0.29, 0.717) is 29.3 Å². The van der Waals surface area contributed by atoms with Crippen LogP contribution in [0.4, 0.5) is 5.82 Å². The minimum absolute atomic E-state index is 0.119. The number of aromatic amines is 2. The zero-order chi connectivity index (χ0) is 26.9. The molecule has 2 aliphatic carbocycles. The Morgan fingerprint density at radius 2 is 1.87 bits per heavy atom. The van der Waals surface area contributed by atoms with E-state index in [1.807, 2.05) is 6.07 Å². The van der Waals surface area contributed by atoms with Gasteiger partial charge in [-0.15, -0.1) is 0 Å². The largest absolute Gasteiger partial charge is 0.493 e. The van der Waals surface area contributed by atoms with E-state index in [1.165, 1.54) is 0 Å². The number of fused-ring (bicyclic) bond motifs is 1. The van der Waals surface area contributed by atoms with Crippen LogP contribution in [-0.2, 0) is 4.79 Å². The highest BCUT2D eigenvalue weighted by molar-refractivity contribution is 5.78. The number of rotatable bonds is 7. The number of carbonyl (C=O) groups is 1. The van der Waals surface area contributed by atoms with Gasteiger partial charge >= 0.3 is 5.69 Å². The summed E-state index contributed by atoms with van der Waals surface area (Å²) in [5, 5.41) is 21.9. The standard InChI is InChI=1S/C26H36N10O3/c1-34-8-10-35(11-9-34)15-23(37)30-19-6-2-17(3-7-19)28-21-13-22(29-18-4-5-18)36-24(32-21)16(14-27-36)12-20-25(38)33-26(39)31-20/h12-14,17-19,28,38H,2-11,15H2,1H3,(H,30,37)(H2,31,33,39). The van der Waals surface area contributed by atoms with E-state index in [-0.39, 0.29) is 29.6 Å². The topological polar surface area (TPSA) is 159 Å². The summed E-state index contributed by atoms with van der Waals surface area (Å²) in [6, 6.07) is 2.67. The molecule has 3 fully saturated rings. The van der Waals surface area contributed by atoms with Crippen LogP contribution in [0.25, 0.3) is 11.7 Å². The molecule has 13 heteroatoms. The van der Waals surface area contributed by atoms with Gasteiger partial charge in [0, 0.05) is 49.5 Å². The highest BCUT2D eigenvalue weighted by atomic mass is 16.3. The lowest BCUT2D eigenvalue weighted by molar-refractivity contribution is -0.123. The van der Waals surface area contributed by atoms with E-state index in [4.69, 9.17) is 9.98 Å². The summed E-state index contributed by atoms with van der Waals surface area (Å²) in [4.78, 5) is 43.2. The fourth-order valence-electron chi connectivity index (χ4n) is 5.34. The van der Waals surface area contributed by atoms with E-state index >= 15 is 0 Å². The first-order valence-corrected chi connectivity index (χ1v) is 13.8. The lowest BCUT2D eigenvalue weighted by Gasteiger charge is -2.33. The average molecular weight is 537 g/mol. The molecular formula is C26H36N10O3. The van der Waals surface area contributed by atoms with Crippen LogP contribution in [-0.4, -0.2) is 103 Å². The first-order chi connectivity index (χ1) is 18.9. The van der Waals surface area contributed by atoms with Gasteiger partial charge in [-0.1, -0.05) is 0 Å². The predicted molar refractivity (Wildman–Crippen MR) is 145 cm³/mol. The molecule has 6 rings (SSSR count). The Balaban J connectivity index is 1.13. The van der Waals surface area contributed by atoms with Crippen LogP contribution >= 0.6 is 0 Å². The molecule has 0 aromatic carbocycles. The molecule has 1 amide bonds. The number of H-pyrrole nitrogens is 2. The van der Waals surface area contributed by atoms with Gasteiger partial charge in [-0.2, -0.15) is 9.61 Å². The summed E-state index contributed by atoms with van der Waals surface area (Å²) in [7, 11) is 2.12. The number of nitrogens with zero attached hydrogens (tertiary/aromatic N) is 6. The van der Waals surface area contributed by atoms with Gasteiger partial charge in [-0.3, -0.25) is 19.7 Å². The van der Waals surface area contributed by atoms with Crippen LogP contribution in [0.5, 0.6) is 5.88 Å². The first kappa shape index (κ1) is 25.6. The lowest BCUT2D eigenvalue weighted by Crippen LogP contribution is -2.50. The zero-order valence-electron chi connectivity index (χ0n) is 22.2. The number of amides is 1. The number of anilines is 1. The summed E-state index contributed by atoms with van der Waals surface area (Å²) < 4.78 is 1.70. The molecule has 0 radical (unpaired) electrons. The van der Waals surface area contributed by atoms with Crippen LogP contribution in [0.1, 0.15) is 44.2 Å². The van der Waals surface area contributed by atoms with Crippen LogP contribution < -0.4 is 27.0 Å². The SMILES string of the molecule is CN1CCN(CC(=O)NC2CCC(Nc3cc(=NC4CC4)n4ncc(=Cc5[nH]c(=O)[nH]c5O)c4n3)CC2)CC1. The molecule has 5 N–H and O–H groups in total. The second kappa shape index (κ2) is 10.8. The summed E-state index contributed by atoms with van der Waals surface area (Å²) in [5.41, 5.74) is 1.09. The smallest absolute Gasteiger partial charge is 0.326 e. The molecule has 1 aliphatic heterocycles. The Morgan fingerprint density at radius 3 is 2.56 bits per heavy atom. The van der Waals surface area contributed by atoms with Gasteiger partial charge in [0.25, 0.3) is 0 Å². The molecule has 3 aromatic rings. The van der Waals surface area contributed by atoms with Crippen molar-refractivity contribution in [1.29, 1.82) is 0 Å². The van der Waals surface area contributed by atoms with Crippen molar-refractivity contribution in [2.75, 3.05) is 45.1 Å². The molecule has 4 heterocycles. The number of hydrogen-bond acceptors (Lipinski definition) is 9. The van der Waals surface area contributed by atoms with Gasteiger partial charge in [0.2, 0.25) is 11.8 Å². The van der Waals surface area contributed by atoms with Crippen molar-refractivity contribution in [2.45, 2.75) is 56.7 Å². The lowest BCUT2D eigenvalue weighted by atomic mass is 9.91. The summed E-state index contributed by atoms with van der Waals surface area (Å²) >= 11 is 0. The summed E-state index contributed by atoms with van der Waals surface area (Å²) in [6.07, 6.45) is 9.11. The second-order valence-electron chi connectivity index (χ2n) is 11.0. The van der Waals surface area contributed by atoms with Gasteiger partial charge in [0.15, 0.2) is 11.1 Å². The van der Waals surface area contributed by atoms with Crippen LogP contribution in [0, 0.1) is 0 Å². The Morgan fingerprint density at radius 1 is 1.13 bits per heavy atom. The molecule has 3 aromatic heterocycles. The molecule has 0 unspecified atom stereocenters. The number of likely N-dealkylation sites (N-methyl/N-ethyl adjacent to an activating group) is 1. The zero-order valence-corrected chi connectivity index (χ0v) is 22.2. The summed E-state index contributed by atoms with van der Waals surface area (Å²) in [5.74, 6) is 0.601. The van der Waals surface area contributed by atoms with Crippen molar-refractivity contribution in [3.8, 4) is 5.88 Å². The monoisotopic (exact) mass is 536 g/mol. The number of imidazole rings is 1. The van der Waals surface area contributed by atoms with Crippen molar-refractivity contribution in [1.82, 2.24) is 39.7 Å². The first-order valence-electron chi connectivity index (χ1n) is 13.8. The number of carbonyl (C=O) groups excluding carboxylic acids is 1. The van der Waals surface area contributed by atoms with E-state index in [2.05, 4.69) is 42.5 Å². The molecule has 3 aliphatic rings. The Bertz CT molecular complexity index is 1500. The number of piperazine rings is 1. The number of hydrogen-bond donors (Lipinski definition) is 5. The van der Waals surface area contributed by atoms with Gasteiger partial charge in [0.1, 0.15) is 11.5 Å². The quantitative estimate of drug-likeness (QED) is 0.261. The fourth-order valence-corrected chi connectivity index (χ4v) is 5.34. The fraction of sp³-hybridized carbons (Fsp3) is 0.577. The Kier molecular flexibility index (Phi) is 7.09. The number of nitrogens with one attached hydrogen (secondary N) is 4. The second-order valence-corrected chi connectivity index (χ2v) is 11.0. The third-order valence-corrected chi connectivity index (χ3v) is 7.78. The third kappa shape index (κ3) is 6.14. The molecule has 13 nitrogen and oxygen atoms in total. The maximum Gasteiger partial charge on any atom is 0.326 e. The number of aromatic hydroxyl groups is 1. The van der Waals surface area contributed by atoms with Gasteiger partial charge in [0.05, 0.1) is 18.8 Å². The Labute approximate surface area is 225 Å². The maximum atomic E-state index is 12.6. The molecule has 1 saturated heterocycles. The van der Waals surface area contributed by atoms with Crippen LogP contribution in [0.2, 0.25) is 0 Å². The molecule has 39 heavy (non-hydrogen) atoms. The molecule has 2 saturated carbocycles. The van der Waals surface area contributed by atoms with Crippen molar-refractivity contribution >= 4 is 23.4 Å². The normalized spacial score (nSPS) is 23.9. The maximum absolute atomic E-state index is 12.6. The highest BCUT2D eigenvalue weighted by Crippen LogP contribution is 2.23. The van der Waals surface area contributed by atoms with Crippen molar-refractivity contribution < 1.29 is 9.90 Å². The van der Waals surface area contributed by atoms with Gasteiger partial charge in [-0.05, 0) is 51.6 Å². The van der Waals surface area contributed by atoms with E-state index in [0.717, 1.165) is 70.2 Å². The predicted octanol–water partition coefficient (Wildman–Crippen LogP) is -0.851.